The monoisotopic (exact) mass is 272 g/mol. The van der Waals surface area contributed by atoms with E-state index in [2.05, 4.69) is 27.2 Å². The van der Waals surface area contributed by atoms with Gasteiger partial charge in [0.05, 0.1) is 0 Å². The molecule has 2 rings (SSSR count). The summed E-state index contributed by atoms with van der Waals surface area (Å²) in [5.41, 5.74) is 0.714. The van der Waals surface area contributed by atoms with Gasteiger partial charge in [-0.1, -0.05) is 6.08 Å². The van der Waals surface area contributed by atoms with E-state index in [1.165, 1.54) is 36.5 Å². The smallest absolute Gasteiger partial charge is 0.274 e. The molecule has 0 spiro atoms. The second-order valence-corrected chi connectivity index (χ2v) is 3.90. The van der Waals surface area contributed by atoms with Crippen LogP contribution in [0, 0.1) is 5.82 Å². The second-order valence-electron chi connectivity index (χ2n) is 3.90. The quantitative estimate of drug-likeness (QED) is 0.820. The number of aromatic nitrogens is 2. The molecule has 6 heteroatoms. The van der Waals surface area contributed by atoms with Gasteiger partial charge >= 0.3 is 0 Å². The predicted octanol–water partition coefficient (Wildman–Crippen LogP) is 2.47. The second kappa shape index (κ2) is 6.42. The van der Waals surface area contributed by atoms with Gasteiger partial charge in [-0.3, -0.25) is 4.79 Å². The highest BCUT2D eigenvalue weighted by molar-refractivity contribution is 6.02. The fourth-order valence-corrected chi connectivity index (χ4v) is 1.46. The van der Waals surface area contributed by atoms with Crippen molar-refractivity contribution in [3.05, 3.63) is 60.7 Å². The molecule has 1 amide bonds. The zero-order chi connectivity index (χ0) is 14.4. The van der Waals surface area contributed by atoms with Crippen LogP contribution in [-0.4, -0.2) is 22.4 Å². The summed E-state index contributed by atoms with van der Waals surface area (Å²) in [4.78, 5) is 20.0. The molecule has 0 saturated heterocycles. The van der Waals surface area contributed by atoms with Gasteiger partial charge in [-0.05, 0) is 30.3 Å². The summed E-state index contributed by atoms with van der Waals surface area (Å²) in [6.07, 6.45) is 3.15. The molecule has 0 aliphatic heterocycles. The van der Waals surface area contributed by atoms with Crippen LogP contribution in [0.25, 0.3) is 0 Å². The van der Waals surface area contributed by atoms with Gasteiger partial charge < -0.3 is 10.6 Å². The Balaban J connectivity index is 2.08. The Labute approximate surface area is 115 Å². The molecule has 0 saturated carbocycles. The Morgan fingerprint density at radius 2 is 2.05 bits per heavy atom. The number of nitrogens with one attached hydrogen (secondary N) is 2. The van der Waals surface area contributed by atoms with Crippen molar-refractivity contribution in [3.8, 4) is 0 Å². The molecule has 0 bridgehead atoms. The minimum absolute atomic E-state index is 0.218. The van der Waals surface area contributed by atoms with Crippen molar-refractivity contribution < 1.29 is 9.18 Å². The van der Waals surface area contributed by atoms with Crippen LogP contribution in [0.3, 0.4) is 0 Å². The number of carbonyl (C=O) groups is 1. The van der Waals surface area contributed by atoms with Crippen LogP contribution in [0.15, 0.2) is 49.2 Å². The third kappa shape index (κ3) is 3.61. The summed E-state index contributed by atoms with van der Waals surface area (Å²) in [5.74, 6) is -0.404. The van der Waals surface area contributed by atoms with Crippen LogP contribution in [-0.2, 0) is 0 Å². The summed E-state index contributed by atoms with van der Waals surface area (Å²) < 4.78 is 12.8. The van der Waals surface area contributed by atoms with E-state index in [1.807, 2.05) is 0 Å². The van der Waals surface area contributed by atoms with Crippen LogP contribution in [0.4, 0.5) is 16.0 Å². The molecule has 0 atom stereocenters. The summed E-state index contributed by atoms with van der Waals surface area (Å²) >= 11 is 0. The van der Waals surface area contributed by atoms with Gasteiger partial charge in [-0.15, -0.1) is 6.58 Å². The van der Waals surface area contributed by atoms with Crippen LogP contribution >= 0.6 is 0 Å². The fourth-order valence-electron chi connectivity index (χ4n) is 1.46. The zero-order valence-corrected chi connectivity index (χ0v) is 10.6. The Morgan fingerprint density at radius 1 is 1.30 bits per heavy atom. The maximum absolute atomic E-state index is 12.8. The summed E-state index contributed by atoms with van der Waals surface area (Å²) in [6.45, 7) is 4.07. The summed E-state index contributed by atoms with van der Waals surface area (Å²) in [6, 6.07) is 6.99. The first kappa shape index (κ1) is 13.7. The molecule has 1 heterocycles. The highest BCUT2D eigenvalue weighted by Gasteiger charge is 2.09. The number of rotatable bonds is 5. The molecule has 5 nitrogen and oxygen atoms in total. The van der Waals surface area contributed by atoms with Crippen molar-refractivity contribution in [1.82, 2.24) is 9.97 Å². The Morgan fingerprint density at radius 3 is 2.75 bits per heavy atom. The maximum Gasteiger partial charge on any atom is 0.274 e. The average Bonchev–Trinajstić information content (AvgIpc) is 2.48. The molecule has 102 valence electrons. The van der Waals surface area contributed by atoms with Crippen LogP contribution in [0.2, 0.25) is 0 Å². The van der Waals surface area contributed by atoms with Crippen molar-refractivity contribution in [3.63, 3.8) is 0 Å². The fraction of sp³-hybridized carbons (Fsp3) is 0.0714. The third-order valence-corrected chi connectivity index (χ3v) is 2.39. The molecule has 0 aliphatic rings. The normalized spacial score (nSPS) is 9.85. The number of anilines is 2. The van der Waals surface area contributed by atoms with E-state index in [0.717, 1.165) is 0 Å². The van der Waals surface area contributed by atoms with Gasteiger partial charge in [-0.2, -0.15) is 0 Å². The zero-order valence-electron chi connectivity index (χ0n) is 10.6. The van der Waals surface area contributed by atoms with Gasteiger partial charge in [0.2, 0.25) is 5.95 Å². The number of benzene rings is 1. The van der Waals surface area contributed by atoms with E-state index in [1.54, 1.807) is 6.08 Å². The molecular formula is C14H13FN4O. The lowest BCUT2D eigenvalue weighted by Crippen LogP contribution is -2.15. The van der Waals surface area contributed by atoms with Crippen LogP contribution in [0.5, 0.6) is 0 Å². The highest BCUT2D eigenvalue weighted by atomic mass is 19.1. The van der Waals surface area contributed by atoms with Gasteiger partial charge in [0.15, 0.2) is 0 Å². The van der Waals surface area contributed by atoms with E-state index in [4.69, 9.17) is 0 Å². The Hall–Kier alpha value is -2.76. The van der Waals surface area contributed by atoms with E-state index in [0.29, 0.717) is 18.2 Å². The van der Waals surface area contributed by atoms with Gasteiger partial charge in [-0.25, -0.2) is 14.4 Å². The van der Waals surface area contributed by atoms with E-state index < -0.39 is 0 Å². The summed E-state index contributed by atoms with van der Waals surface area (Å²) in [5, 5.41) is 5.52. The molecule has 0 radical (unpaired) electrons. The molecule has 0 unspecified atom stereocenters. The summed E-state index contributed by atoms with van der Waals surface area (Å²) in [7, 11) is 0. The predicted molar refractivity (Wildman–Crippen MR) is 75.1 cm³/mol. The first-order valence-corrected chi connectivity index (χ1v) is 5.94. The van der Waals surface area contributed by atoms with Gasteiger partial charge in [0, 0.05) is 18.4 Å². The number of nitrogens with zero attached hydrogens (tertiary/aromatic N) is 2. The standard InChI is InChI=1S/C14H13FN4O/c1-2-8-16-14-17-9-7-12(19-14)13(20)18-11-5-3-10(15)4-6-11/h2-7,9H,1,8H2,(H,18,20)(H,16,17,19). The van der Waals surface area contributed by atoms with Crippen LogP contribution in [0.1, 0.15) is 10.5 Å². The largest absolute Gasteiger partial charge is 0.351 e. The van der Waals surface area contributed by atoms with Crippen molar-refractivity contribution in [1.29, 1.82) is 0 Å². The lowest BCUT2D eigenvalue weighted by molar-refractivity contribution is 0.102. The molecular weight excluding hydrogens is 259 g/mol. The number of halogens is 1. The molecule has 2 N–H and O–H groups in total. The van der Waals surface area contributed by atoms with Crippen LogP contribution < -0.4 is 10.6 Å². The Bertz CT molecular complexity index is 613. The minimum Gasteiger partial charge on any atom is -0.351 e. The topological polar surface area (TPSA) is 66.9 Å². The molecule has 1 aromatic carbocycles. The van der Waals surface area contributed by atoms with Crippen molar-refractivity contribution >= 4 is 17.5 Å². The average molecular weight is 272 g/mol. The van der Waals surface area contributed by atoms with Gasteiger partial charge in [0.25, 0.3) is 5.91 Å². The molecule has 0 fully saturated rings. The molecule has 1 aromatic heterocycles. The SMILES string of the molecule is C=CCNc1nccc(C(=O)Nc2ccc(F)cc2)n1. The third-order valence-electron chi connectivity index (χ3n) is 2.39. The molecule has 2 aromatic rings. The maximum atomic E-state index is 12.8. The number of amides is 1. The number of hydrogen-bond donors (Lipinski definition) is 2. The lowest BCUT2D eigenvalue weighted by Gasteiger charge is -2.06. The number of hydrogen-bond acceptors (Lipinski definition) is 4. The van der Waals surface area contributed by atoms with Crippen molar-refractivity contribution in [2.45, 2.75) is 0 Å². The van der Waals surface area contributed by atoms with E-state index in [-0.39, 0.29) is 17.4 Å². The highest BCUT2D eigenvalue weighted by Crippen LogP contribution is 2.10. The van der Waals surface area contributed by atoms with Crippen molar-refractivity contribution in [2.24, 2.45) is 0 Å². The number of carbonyl (C=O) groups excluding carboxylic acids is 1. The first-order valence-electron chi connectivity index (χ1n) is 5.94. The minimum atomic E-state index is -0.388. The molecule has 20 heavy (non-hydrogen) atoms. The van der Waals surface area contributed by atoms with E-state index >= 15 is 0 Å². The van der Waals surface area contributed by atoms with Crippen molar-refractivity contribution in [2.75, 3.05) is 17.2 Å². The Kier molecular flexibility index (Phi) is 4.39. The first-order chi connectivity index (χ1) is 9.69. The van der Waals surface area contributed by atoms with Gasteiger partial charge in [0.1, 0.15) is 11.5 Å². The molecule has 0 aliphatic carbocycles. The lowest BCUT2D eigenvalue weighted by atomic mass is 10.3. The van der Waals surface area contributed by atoms with E-state index in [9.17, 15) is 9.18 Å².